The van der Waals surface area contributed by atoms with Gasteiger partial charge in [-0.15, -0.1) is 35.3 Å². The van der Waals surface area contributed by atoms with Gasteiger partial charge in [-0.3, -0.25) is 0 Å². The van der Waals surface area contributed by atoms with Crippen molar-refractivity contribution in [3.63, 3.8) is 0 Å². The normalized spacial score (nSPS) is 13.7. The molecule has 144 valence electrons. The molecule has 0 saturated heterocycles. The fourth-order valence-electron chi connectivity index (χ4n) is 2.31. The number of hydrogen-bond acceptors (Lipinski definition) is 3. The molecule has 1 heterocycles. The van der Waals surface area contributed by atoms with Gasteiger partial charge in [0.15, 0.2) is 5.96 Å². The molecule has 26 heavy (non-hydrogen) atoms. The molecule has 0 saturated carbocycles. The van der Waals surface area contributed by atoms with E-state index in [1.165, 1.54) is 17.4 Å². The molecular formula is C18H24ClFIN3OS. The molecule has 1 atom stereocenters. The Bertz CT molecular complexity index is 690. The van der Waals surface area contributed by atoms with Crippen LogP contribution >= 0.6 is 46.9 Å². The van der Waals surface area contributed by atoms with Gasteiger partial charge >= 0.3 is 0 Å². The molecule has 8 heteroatoms. The second kappa shape index (κ2) is 11.1. The van der Waals surface area contributed by atoms with Gasteiger partial charge < -0.3 is 15.7 Å². The maximum Gasteiger partial charge on any atom is 0.191 e. The minimum absolute atomic E-state index is 0. The number of nitrogens with zero attached hydrogens (tertiary/aromatic N) is 1. The van der Waals surface area contributed by atoms with Crippen LogP contribution in [0.5, 0.6) is 0 Å². The third kappa shape index (κ3) is 6.68. The second-order valence-corrected chi connectivity index (χ2v) is 7.18. The van der Waals surface area contributed by atoms with Crippen LogP contribution in [-0.4, -0.2) is 30.7 Å². The van der Waals surface area contributed by atoms with Crippen molar-refractivity contribution in [2.24, 2.45) is 4.99 Å². The van der Waals surface area contributed by atoms with Crippen molar-refractivity contribution < 1.29 is 9.50 Å². The van der Waals surface area contributed by atoms with Gasteiger partial charge in [0.05, 0.1) is 6.54 Å². The van der Waals surface area contributed by atoms with Crippen LogP contribution in [0.15, 0.2) is 40.7 Å². The number of benzene rings is 1. The maximum absolute atomic E-state index is 13.8. The molecule has 0 aliphatic rings. The molecule has 0 spiro atoms. The van der Waals surface area contributed by atoms with E-state index in [0.29, 0.717) is 36.1 Å². The number of thiophene rings is 1. The first-order valence-electron chi connectivity index (χ1n) is 8.15. The molecule has 0 fully saturated rings. The SMILES string of the molecule is CCNC(=NCC(C)(O)c1cccs1)NCCc1c(F)cccc1Cl.I. The van der Waals surface area contributed by atoms with Crippen molar-refractivity contribution in [3.8, 4) is 0 Å². The van der Waals surface area contributed by atoms with E-state index >= 15 is 0 Å². The molecule has 1 aromatic carbocycles. The number of aliphatic hydroxyl groups is 1. The lowest BCUT2D eigenvalue weighted by Crippen LogP contribution is -2.39. The van der Waals surface area contributed by atoms with Crippen LogP contribution in [0.1, 0.15) is 24.3 Å². The molecule has 4 nitrogen and oxygen atoms in total. The average Bonchev–Trinajstić information content (AvgIpc) is 3.11. The molecule has 2 aromatic rings. The summed E-state index contributed by atoms with van der Waals surface area (Å²) >= 11 is 7.54. The van der Waals surface area contributed by atoms with Crippen molar-refractivity contribution in [2.75, 3.05) is 19.6 Å². The summed E-state index contributed by atoms with van der Waals surface area (Å²) in [6, 6.07) is 8.46. The Kier molecular flexibility index (Phi) is 9.84. The second-order valence-electron chi connectivity index (χ2n) is 5.82. The van der Waals surface area contributed by atoms with Crippen molar-refractivity contribution >= 4 is 52.9 Å². The van der Waals surface area contributed by atoms with Gasteiger partial charge in [-0.2, -0.15) is 0 Å². The van der Waals surface area contributed by atoms with Gasteiger partial charge in [-0.05, 0) is 43.8 Å². The Morgan fingerprint density at radius 2 is 2.08 bits per heavy atom. The molecule has 1 unspecified atom stereocenters. The first-order valence-corrected chi connectivity index (χ1v) is 9.41. The van der Waals surface area contributed by atoms with Crippen molar-refractivity contribution in [1.82, 2.24) is 10.6 Å². The predicted molar refractivity (Wildman–Crippen MR) is 118 cm³/mol. The van der Waals surface area contributed by atoms with Crippen LogP contribution in [-0.2, 0) is 12.0 Å². The zero-order valence-corrected chi connectivity index (χ0v) is 18.7. The highest BCUT2D eigenvalue weighted by molar-refractivity contribution is 14.0. The highest BCUT2D eigenvalue weighted by atomic mass is 127. The van der Waals surface area contributed by atoms with E-state index in [9.17, 15) is 9.50 Å². The van der Waals surface area contributed by atoms with E-state index in [4.69, 9.17) is 11.6 Å². The molecule has 2 rings (SSSR count). The van der Waals surface area contributed by atoms with Crippen LogP contribution in [0.3, 0.4) is 0 Å². The van der Waals surface area contributed by atoms with Gasteiger partial charge in [0.1, 0.15) is 11.4 Å². The lowest BCUT2D eigenvalue weighted by molar-refractivity contribution is 0.0711. The molecule has 0 aliphatic heterocycles. The van der Waals surface area contributed by atoms with Gasteiger partial charge in [0.2, 0.25) is 0 Å². The molecule has 3 N–H and O–H groups in total. The van der Waals surface area contributed by atoms with Gasteiger partial charge in [-0.25, -0.2) is 9.38 Å². The van der Waals surface area contributed by atoms with Crippen molar-refractivity contribution in [3.05, 3.63) is 57.0 Å². The number of guanidine groups is 1. The van der Waals surface area contributed by atoms with E-state index < -0.39 is 5.60 Å². The summed E-state index contributed by atoms with van der Waals surface area (Å²) in [5.41, 5.74) is -0.538. The van der Waals surface area contributed by atoms with E-state index in [2.05, 4.69) is 15.6 Å². The minimum Gasteiger partial charge on any atom is -0.383 e. The Hall–Kier alpha value is -0.900. The van der Waals surface area contributed by atoms with Crippen LogP contribution in [0.2, 0.25) is 5.02 Å². The first kappa shape index (κ1) is 23.1. The Morgan fingerprint density at radius 3 is 2.69 bits per heavy atom. The summed E-state index contributed by atoms with van der Waals surface area (Å²) in [7, 11) is 0. The number of aliphatic imine (C=N–C) groups is 1. The van der Waals surface area contributed by atoms with Crippen molar-refractivity contribution in [2.45, 2.75) is 25.9 Å². The highest BCUT2D eigenvalue weighted by Crippen LogP contribution is 2.25. The lowest BCUT2D eigenvalue weighted by atomic mass is 10.1. The smallest absolute Gasteiger partial charge is 0.191 e. The Morgan fingerprint density at radius 1 is 1.31 bits per heavy atom. The maximum atomic E-state index is 13.8. The Labute approximate surface area is 179 Å². The number of halogens is 3. The third-order valence-electron chi connectivity index (χ3n) is 3.67. The highest BCUT2D eigenvalue weighted by Gasteiger charge is 2.24. The third-order valence-corrected chi connectivity index (χ3v) is 5.15. The Balaban J connectivity index is 0.00000338. The van der Waals surface area contributed by atoms with Crippen LogP contribution in [0.4, 0.5) is 4.39 Å². The zero-order valence-electron chi connectivity index (χ0n) is 14.8. The van der Waals surface area contributed by atoms with Gasteiger partial charge in [-0.1, -0.05) is 23.7 Å². The topological polar surface area (TPSA) is 56.7 Å². The van der Waals surface area contributed by atoms with Crippen molar-refractivity contribution in [1.29, 1.82) is 0 Å². The number of nitrogens with one attached hydrogen (secondary N) is 2. The summed E-state index contributed by atoms with van der Waals surface area (Å²) in [6.07, 6.45) is 0.442. The number of rotatable bonds is 7. The largest absolute Gasteiger partial charge is 0.383 e. The predicted octanol–water partition coefficient (Wildman–Crippen LogP) is 4.16. The van der Waals surface area contributed by atoms with E-state index in [0.717, 1.165) is 4.88 Å². The lowest BCUT2D eigenvalue weighted by Gasteiger charge is -2.20. The van der Waals surface area contributed by atoms with Gasteiger partial charge in [0.25, 0.3) is 0 Å². The van der Waals surface area contributed by atoms with Crippen LogP contribution < -0.4 is 10.6 Å². The number of hydrogen-bond donors (Lipinski definition) is 3. The first-order chi connectivity index (χ1) is 11.9. The summed E-state index contributed by atoms with van der Waals surface area (Å²) in [5.74, 6) is 0.267. The molecule has 0 amide bonds. The quantitative estimate of drug-likeness (QED) is 0.297. The molecule has 0 radical (unpaired) electrons. The summed E-state index contributed by atoms with van der Waals surface area (Å²) in [5, 5.41) is 19.2. The van der Waals surface area contributed by atoms with Crippen LogP contribution in [0.25, 0.3) is 0 Å². The summed E-state index contributed by atoms with van der Waals surface area (Å²) in [4.78, 5) is 5.31. The fraction of sp³-hybridized carbons (Fsp3) is 0.389. The van der Waals surface area contributed by atoms with Crippen LogP contribution in [0, 0.1) is 5.82 Å². The van der Waals surface area contributed by atoms with Gasteiger partial charge in [0, 0.05) is 28.6 Å². The minimum atomic E-state index is -1.02. The molecule has 0 aliphatic carbocycles. The standard InChI is InChI=1S/C18H23ClFN3OS.HI/c1-3-21-17(23-12-18(2,24)16-8-5-11-25-16)22-10-9-13-14(19)6-4-7-15(13)20;/h4-8,11,24H,3,9-10,12H2,1-2H3,(H2,21,22,23);1H. The molecular weight excluding hydrogens is 488 g/mol. The van der Waals surface area contributed by atoms with E-state index in [1.54, 1.807) is 19.1 Å². The summed E-state index contributed by atoms with van der Waals surface area (Å²) < 4.78 is 13.8. The zero-order chi connectivity index (χ0) is 18.3. The summed E-state index contributed by atoms with van der Waals surface area (Å²) in [6.45, 7) is 5.09. The van der Waals surface area contributed by atoms with E-state index in [1.807, 2.05) is 24.4 Å². The molecule has 1 aromatic heterocycles. The average molecular weight is 512 g/mol. The molecule has 0 bridgehead atoms. The van der Waals surface area contributed by atoms with E-state index in [-0.39, 0.29) is 36.3 Å². The fourth-order valence-corrected chi connectivity index (χ4v) is 3.35. The monoisotopic (exact) mass is 511 g/mol.